The molecule has 0 unspecified atom stereocenters. The molecule has 0 saturated carbocycles. The number of hydrogen-bond donors (Lipinski definition) is 2. The predicted molar refractivity (Wildman–Crippen MR) is 80.8 cm³/mol. The molecule has 1 aromatic heterocycles. The van der Waals surface area contributed by atoms with E-state index in [1.807, 2.05) is 6.92 Å². The fourth-order valence-corrected chi connectivity index (χ4v) is 2.93. The zero-order valence-corrected chi connectivity index (χ0v) is 13.3. The smallest absolute Gasteiger partial charge is 0.243 e. The molecule has 1 aromatic carbocycles. The van der Waals surface area contributed by atoms with Crippen molar-refractivity contribution in [1.29, 1.82) is 0 Å². The zero-order valence-electron chi connectivity index (χ0n) is 12.5. The van der Waals surface area contributed by atoms with Crippen LogP contribution in [0, 0.1) is 13.8 Å². The summed E-state index contributed by atoms with van der Waals surface area (Å²) >= 11 is 0. The molecule has 0 aliphatic rings. The van der Waals surface area contributed by atoms with Gasteiger partial charge in [0.05, 0.1) is 10.9 Å². The van der Waals surface area contributed by atoms with Gasteiger partial charge in [0.15, 0.2) is 5.82 Å². The van der Waals surface area contributed by atoms with E-state index in [9.17, 15) is 13.2 Å². The molecule has 22 heavy (non-hydrogen) atoms. The van der Waals surface area contributed by atoms with E-state index in [2.05, 4.69) is 15.2 Å². The van der Waals surface area contributed by atoms with E-state index in [0.717, 1.165) is 5.56 Å². The normalized spacial score (nSPS) is 12.9. The number of hydrogen-bond acceptors (Lipinski definition) is 5. The van der Waals surface area contributed by atoms with Crippen molar-refractivity contribution in [2.24, 2.45) is 0 Å². The Morgan fingerprint density at radius 1 is 1.23 bits per heavy atom. The topological polar surface area (TPSA) is 101 Å². The monoisotopic (exact) mass is 323 g/mol. The first kappa shape index (κ1) is 16.2. The van der Waals surface area contributed by atoms with Crippen molar-refractivity contribution < 1.29 is 17.7 Å². The second-order valence-electron chi connectivity index (χ2n) is 4.97. The maximum absolute atomic E-state index is 12.2. The molecule has 1 atom stereocenters. The number of carbonyl (C=O) groups excluding carboxylic acids is 1. The average molecular weight is 323 g/mol. The standard InChI is InChI=1S/C14H17N3O4S/c1-9-4-6-12(7-5-9)22(19,20)17-11(3)14(18)15-13-8-10(2)21-16-13/h4-8,11,17H,1-3H3,(H,15,16,18)/t11-/m0/s1. The highest BCUT2D eigenvalue weighted by atomic mass is 32.2. The van der Waals surface area contributed by atoms with Gasteiger partial charge in [-0.3, -0.25) is 4.79 Å². The van der Waals surface area contributed by atoms with Gasteiger partial charge in [-0.05, 0) is 32.9 Å². The Labute approximate surface area is 128 Å². The summed E-state index contributed by atoms with van der Waals surface area (Å²) in [6.45, 7) is 5.00. The Hall–Kier alpha value is -2.19. The molecule has 7 nitrogen and oxygen atoms in total. The van der Waals surface area contributed by atoms with Gasteiger partial charge in [0.25, 0.3) is 0 Å². The largest absolute Gasteiger partial charge is 0.360 e. The third kappa shape index (κ3) is 3.92. The van der Waals surface area contributed by atoms with Gasteiger partial charge in [-0.15, -0.1) is 0 Å². The number of aromatic nitrogens is 1. The maximum Gasteiger partial charge on any atom is 0.243 e. The number of anilines is 1. The van der Waals surface area contributed by atoms with Crippen LogP contribution in [0.2, 0.25) is 0 Å². The van der Waals surface area contributed by atoms with E-state index in [0.29, 0.717) is 5.76 Å². The van der Waals surface area contributed by atoms with Crippen LogP contribution in [0.15, 0.2) is 39.8 Å². The number of sulfonamides is 1. The Balaban J connectivity index is 2.05. The molecular formula is C14H17N3O4S. The van der Waals surface area contributed by atoms with Gasteiger partial charge in [0, 0.05) is 6.07 Å². The second kappa shape index (κ2) is 6.29. The number of amides is 1. The molecular weight excluding hydrogens is 306 g/mol. The van der Waals surface area contributed by atoms with Crippen molar-refractivity contribution in [3.63, 3.8) is 0 Å². The summed E-state index contributed by atoms with van der Waals surface area (Å²) in [6.07, 6.45) is 0. The Bertz CT molecular complexity index is 766. The van der Waals surface area contributed by atoms with Gasteiger partial charge in [-0.25, -0.2) is 8.42 Å². The van der Waals surface area contributed by atoms with Gasteiger partial charge in [-0.1, -0.05) is 22.9 Å². The van der Waals surface area contributed by atoms with Crippen LogP contribution in [0.3, 0.4) is 0 Å². The summed E-state index contributed by atoms with van der Waals surface area (Å²) in [5.41, 5.74) is 0.950. The number of nitrogens with zero attached hydrogens (tertiary/aromatic N) is 1. The lowest BCUT2D eigenvalue weighted by molar-refractivity contribution is -0.117. The van der Waals surface area contributed by atoms with Crippen molar-refractivity contribution in [3.05, 3.63) is 41.7 Å². The minimum absolute atomic E-state index is 0.107. The number of benzene rings is 1. The first-order valence-electron chi connectivity index (χ1n) is 6.61. The van der Waals surface area contributed by atoms with Crippen molar-refractivity contribution in [2.45, 2.75) is 31.7 Å². The SMILES string of the molecule is Cc1ccc(S(=O)(=O)N[C@@H](C)C(=O)Nc2cc(C)on2)cc1. The molecule has 1 amide bonds. The summed E-state index contributed by atoms with van der Waals surface area (Å²) in [7, 11) is -3.76. The van der Waals surface area contributed by atoms with Crippen LogP contribution in [0.4, 0.5) is 5.82 Å². The molecule has 0 fully saturated rings. The van der Waals surface area contributed by atoms with Gasteiger partial charge in [-0.2, -0.15) is 4.72 Å². The third-order valence-corrected chi connectivity index (χ3v) is 4.49. The Morgan fingerprint density at radius 2 is 1.86 bits per heavy atom. The maximum atomic E-state index is 12.2. The van der Waals surface area contributed by atoms with Crippen LogP contribution >= 0.6 is 0 Å². The molecule has 0 bridgehead atoms. The first-order chi connectivity index (χ1) is 10.3. The van der Waals surface area contributed by atoms with Crippen LogP contribution < -0.4 is 10.0 Å². The summed E-state index contributed by atoms with van der Waals surface area (Å²) < 4.78 is 31.5. The number of rotatable bonds is 5. The average Bonchev–Trinajstić information content (AvgIpc) is 2.84. The molecule has 0 aliphatic heterocycles. The molecule has 2 N–H and O–H groups in total. The van der Waals surface area contributed by atoms with Crippen LogP contribution in [0.5, 0.6) is 0 Å². The minimum Gasteiger partial charge on any atom is -0.360 e. The van der Waals surface area contributed by atoms with Gasteiger partial charge in [0.2, 0.25) is 15.9 Å². The number of nitrogens with one attached hydrogen (secondary N) is 2. The van der Waals surface area contributed by atoms with E-state index < -0.39 is 22.0 Å². The first-order valence-corrected chi connectivity index (χ1v) is 8.09. The highest BCUT2D eigenvalue weighted by Gasteiger charge is 2.22. The molecule has 2 rings (SSSR count). The van der Waals surface area contributed by atoms with Crippen molar-refractivity contribution in [2.75, 3.05) is 5.32 Å². The molecule has 2 aromatic rings. The summed E-state index contributed by atoms with van der Waals surface area (Å²) in [6, 6.07) is 6.95. The molecule has 0 radical (unpaired) electrons. The molecule has 0 aliphatic carbocycles. The fourth-order valence-electron chi connectivity index (χ4n) is 1.73. The number of aryl methyl sites for hydroxylation is 2. The fraction of sp³-hybridized carbons (Fsp3) is 0.286. The highest BCUT2D eigenvalue weighted by molar-refractivity contribution is 7.89. The van der Waals surface area contributed by atoms with E-state index in [1.54, 1.807) is 25.1 Å². The van der Waals surface area contributed by atoms with Crippen LogP contribution in [0.1, 0.15) is 18.2 Å². The molecule has 0 spiro atoms. The van der Waals surface area contributed by atoms with Gasteiger partial charge >= 0.3 is 0 Å². The lowest BCUT2D eigenvalue weighted by atomic mass is 10.2. The van der Waals surface area contributed by atoms with Crippen molar-refractivity contribution in [3.8, 4) is 0 Å². The number of carbonyl (C=O) groups is 1. The summed E-state index contributed by atoms with van der Waals surface area (Å²) in [5.74, 6) is 0.260. The lowest BCUT2D eigenvalue weighted by Gasteiger charge is -2.13. The third-order valence-electron chi connectivity index (χ3n) is 2.94. The van der Waals surface area contributed by atoms with Gasteiger partial charge in [0.1, 0.15) is 5.76 Å². The predicted octanol–water partition coefficient (Wildman–Crippen LogP) is 1.60. The highest BCUT2D eigenvalue weighted by Crippen LogP contribution is 2.11. The van der Waals surface area contributed by atoms with Crippen molar-refractivity contribution in [1.82, 2.24) is 9.88 Å². The lowest BCUT2D eigenvalue weighted by Crippen LogP contribution is -2.41. The Kier molecular flexibility index (Phi) is 4.62. The van der Waals surface area contributed by atoms with E-state index >= 15 is 0 Å². The molecule has 8 heteroatoms. The molecule has 118 valence electrons. The van der Waals surface area contributed by atoms with Crippen molar-refractivity contribution >= 4 is 21.7 Å². The molecule has 0 saturated heterocycles. The summed E-state index contributed by atoms with van der Waals surface area (Å²) in [4.78, 5) is 12.1. The van der Waals surface area contributed by atoms with E-state index in [1.165, 1.54) is 19.1 Å². The van der Waals surface area contributed by atoms with Crippen LogP contribution in [-0.2, 0) is 14.8 Å². The summed E-state index contributed by atoms with van der Waals surface area (Å²) in [5, 5.41) is 6.09. The van der Waals surface area contributed by atoms with E-state index in [4.69, 9.17) is 4.52 Å². The molecule has 1 heterocycles. The van der Waals surface area contributed by atoms with Crippen LogP contribution in [-0.4, -0.2) is 25.5 Å². The van der Waals surface area contributed by atoms with Crippen LogP contribution in [0.25, 0.3) is 0 Å². The minimum atomic E-state index is -3.76. The Morgan fingerprint density at radius 3 is 2.41 bits per heavy atom. The van der Waals surface area contributed by atoms with E-state index in [-0.39, 0.29) is 10.7 Å². The van der Waals surface area contributed by atoms with Gasteiger partial charge < -0.3 is 9.84 Å². The quantitative estimate of drug-likeness (QED) is 0.870. The second-order valence-corrected chi connectivity index (χ2v) is 6.68. The zero-order chi connectivity index (χ0) is 16.3.